The van der Waals surface area contributed by atoms with Crippen LogP contribution in [0.4, 0.5) is 0 Å². The molecule has 0 bridgehead atoms. The summed E-state index contributed by atoms with van der Waals surface area (Å²) >= 11 is 2.06. The van der Waals surface area contributed by atoms with Gasteiger partial charge in [0.05, 0.1) is 30.0 Å². The molecule has 8 heteroatoms. The highest BCUT2D eigenvalue weighted by Crippen LogP contribution is 2.34. The van der Waals surface area contributed by atoms with Crippen LogP contribution in [0.25, 0.3) is 0 Å². The molecular formula is C25H48N6OS. The Labute approximate surface area is 206 Å². The Morgan fingerprint density at radius 2 is 1.88 bits per heavy atom. The van der Waals surface area contributed by atoms with E-state index in [0.717, 1.165) is 50.4 Å². The summed E-state index contributed by atoms with van der Waals surface area (Å²) < 4.78 is 0. The molecule has 3 rings (SSSR count). The molecule has 2 unspecified atom stereocenters. The minimum atomic E-state index is 0.174. The van der Waals surface area contributed by atoms with Gasteiger partial charge in [0.25, 0.3) is 0 Å². The van der Waals surface area contributed by atoms with Crippen LogP contribution in [-0.2, 0) is 0 Å². The molecule has 7 nitrogen and oxygen atoms in total. The molecule has 0 aromatic carbocycles. The lowest BCUT2D eigenvalue weighted by Gasteiger charge is -2.39. The van der Waals surface area contributed by atoms with E-state index in [1.54, 1.807) is 0 Å². The third-order valence-electron chi connectivity index (χ3n) is 7.04. The van der Waals surface area contributed by atoms with Gasteiger partial charge in [-0.1, -0.05) is 19.9 Å². The number of nitrogens with one attached hydrogen (secondary N) is 3. The van der Waals surface area contributed by atoms with Crippen molar-refractivity contribution in [3.63, 3.8) is 0 Å². The van der Waals surface area contributed by atoms with Gasteiger partial charge in [-0.05, 0) is 52.4 Å². The van der Waals surface area contributed by atoms with Gasteiger partial charge in [0, 0.05) is 50.4 Å². The van der Waals surface area contributed by atoms with Gasteiger partial charge in [0.2, 0.25) is 0 Å². The van der Waals surface area contributed by atoms with Crippen LogP contribution in [0, 0.1) is 5.92 Å². The summed E-state index contributed by atoms with van der Waals surface area (Å²) in [4.78, 5) is 10.0. The Hall–Kier alpha value is -0.800. The maximum Gasteiger partial charge on any atom is 0.100 e. The van der Waals surface area contributed by atoms with Crippen LogP contribution in [0.2, 0.25) is 0 Å². The van der Waals surface area contributed by atoms with Crippen LogP contribution < -0.4 is 16.0 Å². The first kappa shape index (κ1) is 26.8. The van der Waals surface area contributed by atoms with Crippen molar-refractivity contribution in [2.75, 3.05) is 45.9 Å². The highest BCUT2D eigenvalue weighted by Gasteiger charge is 2.25. The maximum atomic E-state index is 9.15. The Morgan fingerprint density at radius 1 is 1.15 bits per heavy atom. The number of allylic oxidation sites excluding steroid dienone is 1. The smallest absolute Gasteiger partial charge is 0.100 e. The predicted molar refractivity (Wildman–Crippen MR) is 142 cm³/mol. The van der Waals surface area contributed by atoms with Crippen LogP contribution in [0.1, 0.15) is 66.2 Å². The Bertz CT molecular complexity index is 626. The lowest BCUT2D eigenvalue weighted by atomic mass is 9.95. The molecule has 0 radical (unpaired) electrons. The van der Waals surface area contributed by atoms with Gasteiger partial charge in [-0.3, -0.25) is 20.1 Å². The van der Waals surface area contributed by atoms with Gasteiger partial charge in [-0.15, -0.1) is 11.8 Å². The van der Waals surface area contributed by atoms with E-state index in [-0.39, 0.29) is 12.8 Å². The van der Waals surface area contributed by atoms with Crippen molar-refractivity contribution < 1.29 is 5.11 Å². The largest absolute Gasteiger partial charge is 0.395 e. The predicted octanol–water partition coefficient (Wildman–Crippen LogP) is 2.79. The van der Waals surface area contributed by atoms with Crippen molar-refractivity contribution in [3.8, 4) is 0 Å². The lowest BCUT2D eigenvalue weighted by molar-refractivity contribution is 0.0731. The number of nitrogens with zero attached hydrogens (tertiary/aromatic N) is 3. The highest BCUT2D eigenvalue weighted by molar-refractivity contribution is 8.03. The SMILES string of the molecule is CC(NC(=NC1CCC(SC2=CCCCN2)CC1)C(C)C)NC(C)N1CCN(CCO)CC1. The van der Waals surface area contributed by atoms with E-state index in [1.807, 2.05) is 0 Å². The van der Waals surface area contributed by atoms with Crippen molar-refractivity contribution in [2.45, 2.75) is 89.8 Å². The monoisotopic (exact) mass is 480 g/mol. The standard InChI is InChI=1S/C25H48N6OS/c1-19(2)25(28-20(3)27-21(4)31-15-13-30(14-16-31)17-18-32)29-22-8-10-23(11-9-22)33-24-7-5-6-12-26-24/h7,19-23,26-27,32H,5-6,8-18H2,1-4H3,(H,28,29). The number of aliphatic imine (C=N–C) groups is 1. The van der Waals surface area contributed by atoms with Crippen LogP contribution >= 0.6 is 11.8 Å². The third-order valence-corrected chi connectivity index (χ3v) is 8.41. The zero-order valence-electron chi connectivity index (χ0n) is 21.4. The van der Waals surface area contributed by atoms with Crippen LogP contribution in [0.3, 0.4) is 0 Å². The fourth-order valence-electron chi connectivity index (χ4n) is 4.98. The average Bonchev–Trinajstić information content (AvgIpc) is 2.81. The molecule has 0 aromatic heterocycles. The first-order valence-corrected chi connectivity index (χ1v) is 14.1. The van der Waals surface area contributed by atoms with Crippen LogP contribution in [-0.4, -0.2) is 90.2 Å². The summed E-state index contributed by atoms with van der Waals surface area (Å²) in [6.07, 6.45) is 10.3. The van der Waals surface area contributed by atoms with Gasteiger partial charge in [0.15, 0.2) is 0 Å². The van der Waals surface area contributed by atoms with Crippen molar-refractivity contribution >= 4 is 17.6 Å². The average molecular weight is 481 g/mol. The van der Waals surface area contributed by atoms with Crippen LogP contribution in [0.15, 0.2) is 16.1 Å². The maximum absolute atomic E-state index is 9.15. The quantitative estimate of drug-likeness (QED) is 0.218. The van der Waals surface area contributed by atoms with Crippen molar-refractivity contribution in [1.29, 1.82) is 0 Å². The minimum absolute atomic E-state index is 0.174. The second-order valence-electron chi connectivity index (χ2n) is 10.2. The number of hydrogen-bond donors (Lipinski definition) is 4. The van der Waals surface area contributed by atoms with Gasteiger partial charge in [-0.2, -0.15) is 0 Å². The Morgan fingerprint density at radius 3 is 2.48 bits per heavy atom. The minimum Gasteiger partial charge on any atom is -0.395 e. The van der Waals surface area contributed by atoms with Gasteiger partial charge in [-0.25, -0.2) is 0 Å². The van der Waals surface area contributed by atoms with E-state index in [2.05, 4.69) is 71.3 Å². The van der Waals surface area contributed by atoms with E-state index >= 15 is 0 Å². The topological polar surface area (TPSA) is 75.2 Å². The van der Waals surface area contributed by atoms with E-state index < -0.39 is 0 Å². The fraction of sp³-hybridized carbons (Fsp3) is 0.880. The third kappa shape index (κ3) is 9.06. The number of thioether (sulfide) groups is 1. The number of rotatable bonds is 10. The molecule has 1 aliphatic carbocycles. The van der Waals surface area contributed by atoms with Gasteiger partial charge >= 0.3 is 0 Å². The van der Waals surface area contributed by atoms with Crippen molar-refractivity contribution in [2.24, 2.45) is 10.9 Å². The molecule has 0 spiro atoms. The van der Waals surface area contributed by atoms with Crippen molar-refractivity contribution in [1.82, 2.24) is 25.8 Å². The molecule has 2 heterocycles. The molecule has 4 N–H and O–H groups in total. The van der Waals surface area contributed by atoms with E-state index in [4.69, 9.17) is 10.1 Å². The van der Waals surface area contributed by atoms with E-state index in [0.29, 0.717) is 18.1 Å². The van der Waals surface area contributed by atoms with Crippen molar-refractivity contribution in [3.05, 3.63) is 11.1 Å². The number of aliphatic hydroxyl groups is 1. The van der Waals surface area contributed by atoms with E-state index in [9.17, 15) is 0 Å². The first-order valence-electron chi connectivity index (χ1n) is 13.2. The number of aliphatic hydroxyl groups excluding tert-OH is 1. The second kappa shape index (κ2) is 13.9. The summed E-state index contributed by atoms with van der Waals surface area (Å²) in [6.45, 7) is 15.3. The Kier molecular flexibility index (Phi) is 11.3. The summed E-state index contributed by atoms with van der Waals surface area (Å²) in [6, 6.07) is 0.448. The fourth-order valence-corrected chi connectivity index (χ4v) is 6.24. The lowest BCUT2D eigenvalue weighted by Crippen LogP contribution is -2.58. The molecule has 190 valence electrons. The number of amidine groups is 1. The zero-order valence-corrected chi connectivity index (χ0v) is 22.2. The molecule has 0 amide bonds. The van der Waals surface area contributed by atoms with Crippen LogP contribution in [0.5, 0.6) is 0 Å². The molecule has 0 aromatic rings. The molecule has 1 saturated heterocycles. The van der Waals surface area contributed by atoms with E-state index in [1.165, 1.54) is 43.6 Å². The highest BCUT2D eigenvalue weighted by atomic mass is 32.2. The normalized spacial score (nSPS) is 27.7. The number of piperazine rings is 1. The summed E-state index contributed by atoms with van der Waals surface area (Å²) in [7, 11) is 0. The summed E-state index contributed by atoms with van der Waals surface area (Å²) in [5.74, 6) is 1.54. The Balaban J connectivity index is 1.42. The molecule has 2 aliphatic heterocycles. The number of hydrogen-bond acceptors (Lipinski definition) is 7. The zero-order chi connectivity index (χ0) is 23.6. The molecule has 3 aliphatic rings. The molecular weight excluding hydrogens is 432 g/mol. The second-order valence-corrected chi connectivity index (χ2v) is 11.5. The van der Waals surface area contributed by atoms with Gasteiger partial charge < -0.3 is 15.7 Å². The molecule has 2 fully saturated rings. The van der Waals surface area contributed by atoms with Gasteiger partial charge in [0.1, 0.15) is 5.84 Å². The molecule has 1 saturated carbocycles. The molecule has 33 heavy (non-hydrogen) atoms. The first-order chi connectivity index (χ1) is 15.9. The summed E-state index contributed by atoms with van der Waals surface area (Å²) in [5.41, 5.74) is 0. The summed E-state index contributed by atoms with van der Waals surface area (Å²) in [5, 5.41) is 22.3. The number of β-amino-alcohol motifs (C(OH)–C–C–N with tert-alkyl or cyclic N) is 1. The molecule has 2 atom stereocenters.